The summed E-state index contributed by atoms with van der Waals surface area (Å²) in [7, 11) is 1.23. The first kappa shape index (κ1) is 9.50. The van der Waals surface area contributed by atoms with Crippen LogP contribution >= 0.6 is 0 Å². The summed E-state index contributed by atoms with van der Waals surface area (Å²) in [5.41, 5.74) is 3.87. The van der Waals surface area contributed by atoms with E-state index in [4.69, 9.17) is 5.73 Å². The number of hydrogen-bond donors (Lipinski definition) is 2. The minimum Gasteiger partial charge on any atom is -0.481 e. The first-order valence-corrected chi connectivity index (χ1v) is 3.41. The third-order valence-electron chi connectivity index (χ3n) is 1.49. The van der Waals surface area contributed by atoms with E-state index in [1.807, 2.05) is 0 Å². The van der Waals surface area contributed by atoms with Gasteiger partial charge in [0, 0.05) is 6.07 Å². The maximum Gasteiger partial charge on any atom is 0.278 e. The van der Waals surface area contributed by atoms with E-state index in [-0.39, 0.29) is 11.6 Å². The Bertz CT molecular complexity index is 362. The van der Waals surface area contributed by atoms with Crippen LogP contribution in [0, 0.1) is 0 Å². The van der Waals surface area contributed by atoms with Gasteiger partial charge < -0.3 is 15.5 Å². The molecule has 1 aromatic rings. The summed E-state index contributed by atoms with van der Waals surface area (Å²) in [6.07, 6.45) is -2.75. The fraction of sp³-hybridized carbons (Fsp3) is 0.286. The summed E-state index contributed by atoms with van der Waals surface area (Å²) in [6.45, 7) is 0. The summed E-state index contributed by atoms with van der Waals surface area (Å²) in [5, 5.41) is 0. The van der Waals surface area contributed by atoms with E-state index in [2.05, 4.69) is 9.72 Å². The molecule has 1 aromatic heterocycles. The molecule has 0 amide bonds. The minimum atomic E-state index is -2.75. The molecule has 0 radical (unpaired) electrons. The molecule has 0 saturated heterocycles. The Hall–Kier alpha value is -1.59. The van der Waals surface area contributed by atoms with E-state index in [0.717, 1.165) is 6.07 Å². The van der Waals surface area contributed by atoms with Crippen molar-refractivity contribution in [2.24, 2.45) is 0 Å². The van der Waals surface area contributed by atoms with Crippen molar-refractivity contribution in [1.82, 2.24) is 4.98 Å². The highest BCUT2D eigenvalue weighted by atomic mass is 19.3. The Labute approximate surface area is 72.3 Å². The molecule has 4 nitrogen and oxygen atoms in total. The molecule has 0 aliphatic heterocycles. The van der Waals surface area contributed by atoms with Gasteiger partial charge in [-0.1, -0.05) is 0 Å². The van der Waals surface area contributed by atoms with Crippen molar-refractivity contribution in [2.45, 2.75) is 6.43 Å². The van der Waals surface area contributed by atoms with E-state index in [1.54, 1.807) is 0 Å². The molecule has 0 unspecified atom stereocenters. The maximum absolute atomic E-state index is 12.1. The van der Waals surface area contributed by atoms with Gasteiger partial charge in [-0.15, -0.1) is 0 Å². The number of alkyl halides is 2. The summed E-state index contributed by atoms with van der Waals surface area (Å²) in [4.78, 5) is 13.2. The Morgan fingerprint density at radius 1 is 1.62 bits per heavy atom. The van der Waals surface area contributed by atoms with Gasteiger partial charge in [-0.25, -0.2) is 8.78 Å². The molecule has 0 aliphatic rings. The Morgan fingerprint density at radius 2 is 2.23 bits per heavy atom. The molecule has 1 rings (SSSR count). The Kier molecular flexibility index (Phi) is 2.50. The Balaban J connectivity index is 3.31. The topological polar surface area (TPSA) is 68.1 Å². The highest BCUT2D eigenvalue weighted by Gasteiger charge is 2.12. The van der Waals surface area contributed by atoms with Gasteiger partial charge in [0.2, 0.25) is 11.3 Å². The predicted molar refractivity (Wildman–Crippen MR) is 43.0 cm³/mol. The number of H-pyrrole nitrogens is 1. The van der Waals surface area contributed by atoms with Crippen molar-refractivity contribution in [2.75, 3.05) is 12.8 Å². The number of rotatable bonds is 2. The Morgan fingerprint density at radius 3 is 2.69 bits per heavy atom. The standard InChI is InChI=1S/C7H8F2N2O2/c1-13-7-5(10)4(12)2-3(11-7)6(8)9/h2,6H,10H2,1H3,(H,11,12). The van der Waals surface area contributed by atoms with Crippen LogP contribution in [0.4, 0.5) is 14.5 Å². The van der Waals surface area contributed by atoms with Crippen LogP contribution < -0.4 is 15.9 Å². The van der Waals surface area contributed by atoms with Crippen molar-refractivity contribution in [3.63, 3.8) is 0 Å². The monoisotopic (exact) mass is 190 g/mol. The molecule has 0 atom stereocenters. The van der Waals surface area contributed by atoms with Crippen LogP contribution in [-0.4, -0.2) is 12.1 Å². The van der Waals surface area contributed by atoms with Crippen LogP contribution in [0.25, 0.3) is 0 Å². The van der Waals surface area contributed by atoms with Crippen LogP contribution in [0.15, 0.2) is 10.9 Å². The van der Waals surface area contributed by atoms with E-state index in [0.29, 0.717) is 0 Å². The van der Waals surface area contributed by atoms with Crippen molar-refractivity contribution in [3.8, 4) is 5.88 Å². The predicted octanol–water partition coefficient (Wildman–Crippen LogP) is 0.903. The summed E-state index contributed by atoms with van der Waals surface area (Å²) >= 11 is 0. The second-order valence-corrected chi connectivity index (χ2v) is 2.34. The van der Waals surface area contributed by atoms with E-state index < -0.39 is 17.5 Å². The zero-order valence-electron chi connectivity index (χ0n) is 6.80. The van der Waals surface area contributed by atoms with Gasteiger partial charge in [0.05, 0.1) is 12.8 Å². The summed E-state index contributed by atoms with van der Waals surface area (Å²) < 4.78 is 28.9. The first-order valence-electron chi connectivity index (χ1n) is 3.41. The van der Waals surface area contributed by atoms with Gasteiger partial charge in [0.15, 0.2) is 0 Å². The van der Waals surface area contributed by atoms with E-state index >= 15 is 0 Å². The highest BCUT2D eigenvalue weighted by Crippen LogP contribution is 2.20. The van der Waals surface area contributed by atoms with Crippen molar-refractivity contribution in [3.05, 3.63) is 22.0 Å². The third-order valence-corrected chi connectivity index (χ3v) is 1.49. The molecule has 0 fully saturated rings. The third kappa shape index (κ3) is 1.77. The number of hydrogen-bond acceptors (Lipinski definition) is 3. The van der Waals surface area contributed by atoms with E-state index in [9.17, 15) is 13.6 Å². The van der Waals surface area contributed by atoms with Gasteiger partial charge in [-0.3, -0.25) is 4.79 Å². The van der Waals surface area contributed by atoms with Crippen molar-refractivity contribution in [1.29, 1.82) is 0 Å². The molecular weight excluding hydrogens is 182 g/mol. The fourth-order valence-corrected chi connectivity index (χ4v) is 0.844. The number of nitrogens with one attached hydrogen (secondary N) is 1. The smallest absolute Gasteiger partial charge is 0.278 e. The minimum absolute atomic E-state index is 0.136. The number of pyridine rings is 1. The van der Waals surface area contributed by atoms with Gasteiger partial charge in [-0.05, 0) is 0 Å². The molecule has 0 bridgehead atoms. The lowest BCUT2D eigenvalue weighted by atomic mass is 10.3. The van der Waals surface area contributed by atoms with Gasteiger partial charge in [0.1, 0.15) is 5.69 Å². The molecular formula is C7H8F2N2O2. The molecule has 0 aromatic carbocycles. The number of nitrogen functional groups attached to an aromatic ring is 1. The second-order valence-electron chi connectivity index (χ2n) is 2.34. The molecule has 3 N–H and O–H groups in total. The molecule has 0 spiro atoms. The molecule has 0 saturated carbocycles. The van der Waals surface area contributed by atoms with Crippen LogP contribution in [0.5, 0.6) is 5.88 Å². The average Bonchev–Trinajstić information content (AvgIpc) is 2.09. The zero-order chi connectivity index (χ0) is 10.0. The molecule has 1 heterocycles. The molecule has 13 heavy (non-hydrogen) atoms. The normalized spacial score (nSPS) is 10.5. The zero-order valence-corrected chi connectivity index (χ0v) is 6.80. The summed E-state index contributed by atoms with van der Waals surface area (Å²) in [6, 6.07) is 0.752. The molecule has 0 aliphatic carbocycles. The van der Waals surface area contributed by atoms with Crippen molar-refractivity contribution < 1.29 is 13.5 Å². The van der Waals surface area contributed by atoms with Gasteiger partial charge in [0.25, 0.3) is 6.43 Å². The quantitative estimate of drug-likeness (QED) is 0.728. The van der Waals surface area contributed by atoms with Crippen LogP contribution in [0.2, 0.25) is 0 Å². The molecule has 72 valence electrons. The number of nitrogens with two attached hydrogens (primary N) is 1. The van der Waals surface area contributed by atoms with E-state index in [1.165, 1.54) is 7.11 Å². The average molecular weight is 190 g/mol. The van der Waals surface area contributed by atoms with Gasteiger partial charge in [-0.2, -0.15) is 0 Å². The largest absolute Gasteiger partial charge is 0.481 e. The lowest BCUT2D eigenvalue weighted by Crippen LogP contribution is -2.12. The maximum atomic E-state index is 12.1. The van der Waals surface area contributed by atoms with Crippen LogP contribution in [0.1, 0.15) is 12.1 Å². The fourth-order valence-electron chi connectivity index (χ4n) is 0.844. The molecule has 6 heteroatoms. The first-order chi connectivity index (χ1) is 6.06. The number of ether oxygens (including phenoxy) is 1. The van der Waals surface area contributed by atoms with Crippen LogP contribution in [-0.2, 0) is 0 Å². The number of aromatic amines is 1. The number of anilines is 1. The van der Waals surface area contributed by atoms with Gasteiger partial charge >= 0.3 is 0 Å². The van der Waals surface area contributed by atoms with Crippen molar-refractivity contribution >= 4 is 5.69 Å². The highest BCUT2D eigenvalue weighted by molar-refractivity contribution is 5.48. The van der Waals surface area contributed by atoms with Crippen LogP contribution in [0.3, 0.4) is 0 Å². The SMILES string of the molecule is COc1[nH]c(C(F)F)cc(=O)c1N. The number of halogens is 2. The number of aromatic nitrogens is 1. The summed E-state index contributed by atoms with van der Waals surface area (Å²) in [5.74, 6) is -0.136. The second kappa shape index (κ2) is 3.42. The number of methoxy groups -OCH3 is 1. The lowest BCUT2D eigenvalue weighted by Gasteiger charge is -2.06. The lowest BCUT2D eigenvalue weighted by molar-refractivity contribution is 0.145.